The second-order valence-corrected chi connectivity index (χ2v) is 5.45. The lowest BCUT2D eigenvalue weighted by molar-refractivity contribution is -0.122. The molecule has 24 heavy (non-hydrogen) atoms. The van der Waals surface area contributed by atoms with Crippen molar-refractivity contribution in [2.45, 2.75) is 12.3 Å². The molecular weight excluding hydrogens is 308 g/mol. The molecule has 2 aromatic rings. The summed E-state index contributed by atoms with van der Waals surface area (Å²) in [4.78, 5) is 24.5. The number of amides is 2. The first-order valence-electron chi connectivity index (χ1n) is 7.54. The van der Waals surface area contributed by atoms with E-state index in [2.05, 4.69) is 10.6 Å². The van der Waals surface area contributed by atoms with Crippen molar-refractivity contribution in [1.82, 2.24) is 0 Å². The number of nitrogens with one attached hydrogen (secondary N) is 2. The summed E-state index contributed by atoms with van der Waals surface area (Å²) >= 11 is 0. The topological polar surface area (TPSA) is 76.7 Å². The lowest BCUT2D eigenvalue weighted by atomic mass is 9.97. The van der Waals surface area contributed by atoms with E-state index >= 15 is 0 Å². The van der Waals surface area contributed by atoms with Gasteiger partial charge in [-0.3, -0.25) is 9.59 Å². The van der Waals surface area contributed by atoms with Crippen LogP contribution in [0.4, 0.5) is 11.4 Å². The zero-order chi connectivity index (χ0) is 17.1. The number of carbonyl (C=O) groups is 2. The SMILES string of the molecule is COc1ccc(OC)c(NC(=O)CC2C(=O)Nc3ccccc32)c1. The van der Waals surface area contributed by atoms with Gasteiger partial charge in [0.1, 0.15) is 11.5 Å². The van der Waals surface area contributed by atoms with E-state index in [0.29, 0.717) is 17.2 Å². The number of fused-ring (bicyclic) bond motifs is 1. The minimum atomic E-state index is -0.488. The average Bonchev–Trinajstić information content (AvgIpc) is 2.90. The number of rotatable bonds is 5. The van der Waals surface area contributed by atoms with Gasteiger partial charge in [-0.1, -0.05) is 18.2 Å². The van der Waals surface area contributed by atoms with E-state index < -0.39 is 5.92 Å². The predicted octanol–water partition coefficient (Wildman–Crippen LogP) is 2.77. The second kappa shape index (κ2) is 6.62. The minimum absolute atomic E-state index is 0.0587. The molecule has 1 atom stereocenters. The largest absolute Gasteiger partial charge is 0.497 e. The van der Waals surface area contributed by atoms with E-state index in [0.717, 1.165) is 11.3 Å². The molecule has 2 aromatic carbocycles. The quantitative estimate of drug-likeness (QED) is 0.886. The summed E-state index contributed by atoms with van der Waals surface area (Å²) in [5.74, 6) is 0.218. The molecule has 0 saturated heterocycles. The Morgan fingerprint density at radius 3 is 2.71 bits per heavy atom. The maximum atomic E-state index is 12.4. The first-order chi connectivity index (χ1) is 11.6. The van der Waals surface area contributed by atoms with Crippen molar-refractivity contribution in [2.75, 3.05) is 24.9 Å². The normalized spacial score (nSPS) is 15.4. The van der Waals surface area contributed by atoms with Crippen molar-refractivity contribution in [3.05, 3.63) is 48.0 Å². The summed E-state index contributed by atoms with van der Waals surface area (Å²) in [6, 6.07) is 12.5. The number of hydrogen-bond acceptors (Lipinski definition) is 4. The van der Waals surface area contributed by atoms with E-state index in [9.17, 15) is 9.59 Å². The Bertz CT molecular complexity index is 788. The Labute approximate surface area is 139 Å². The third kappa shape index (κ3) is 3.03. The van der Waals surface area contributed by atoms with Crippen molar-refractivity contribution in [3.63, 3.8) is 0 Å². The van der Waals surface area contributed by atoms with E-state index in [4.69, 9.17) is 9.47 Å². The highest BCUT2D eigenvalue weighted by molar-refractivity contribution is 6.06. The monoisotopic (exact) mass is 326 g/mol. The molecule has 6 nitrogen and oxygen atoms in total. The van der Waals surface area contributed by atoms with Crippen molar-refractivity contribution in [1.29, 1.82) is 0 Å². The van der Waals surface area contributed by atoms with Crippen molar-refractivity contribution >= 4 is 23.2 Å². The van der Waals surface area contributed by atoms with Crippen LogP contribution >= 0.6 is 0 Å². The van der Waals surface area contributed by atoms with E-state index in [1.54, 1.807) is 25.3 Å². The van der Waals surface area contributed by atoms with Crippen LogP contribution in [0.2, 0.25) is 0 Å². The number of hydrogen-bond donors (Lipinski definition) is 2. The Morgan fingerprint density at radius 1 is 1.17 bits per heavy atom. The van der Waals surface area contributed by atoms with Crippen molar-refractivity contribution in [2.24, 2.45) is 0 Å². The molecule has 6 heteroatoms. The molecule has 1 unspecified atom stereocenters. The number of methoxy groups -OCH3 is 2. The van der Waals surface area contributed by atoms with Crippen LogP contribution in [0.15, 0.2) is 42.5 Å². The highest BCUT2D eigenvalue weighted by Gasteiger charge is 2.32. The fourth-order valence-corrected chi connectivity index (χ4v) is 2.78. The Hall–Kier alpha value is -3.02. The Balaban J connectivity index is 1.76. The molecule has 0 radical (unpaired) electrons. The third-order valence-electron chi connectivity index (χ3n) is 3.98. The van der Waals surface area contributed by atoms with Crippen LogP contribution in [0.1, 0.15) is 17.9 Å². The summed E-state index contributed by atoms with van der Waals surface area (Å²) in [6.07, 6.45) is 0.0587. The molecule has 0 spiro atoms. The zero-order valence-electron chi connectivity index (χ0n) is 13.5. The fourth-order valence-electron chi connectivity index (χ4n) is 2.78. The van der Waals surface area contributed by atoms with Crippen LogP contribution in [0.5, 0.6) is 11.5 Å². The number of carbonyl (C=O) groups excluding carboxylic acids is 2. The highest BCUT2D eigenvalue weighted by atomic mass is 16.5. The zero-order valence-corrected chi connectivity index (χ0v) is 13.5. The standard InChI is InChI=1S/C18H18N2O4/c1-23-11-7-8-16(24-2)15(9-11)19-17(21)10-13-12-5-3-4-6-14(12)20-18(13)22/h3-9,13H,10H2,1-2H3,(H,19,21)(H,20,22). The predicted molar refractivity (Wildman–Crippen MR) is 90.6 cm³/mol. The van der Waals surface area contributed by atoms with Crippen LogP contribution in [0.3, 0.4) is 0 Å². The molecule has 1 heterocycles. The van der Waals surface area contributed by atoms with Gasteiger partial charge in [-0.05, 0) is 23.8 Å². The van der Waals surface area contributed by atoms with Crippen molar-refractivity contribution in [3.8, 4) is 11.5 Å². The lowest BCUT2D eigenvalue weighted by Crippen LogP contribution is -2.20. The van der Waals surface area contributed by atoms with Gasteiger partial charge in [0.2, 0.25) is 11.8 Å². The van der Waals surface area contributed by atoms with Gasteiger partial charge in [0.05, 0.1) is 25.8 Å². The fraction of sp³-hybridized carbons (Fsp3) is 0.222. The minimum Gasteiger partial charge on any atom is -0.497 e. The Morgan fingerprint density at radius 2 is 1.96 bits per heavy atom. The van der Waals surface area contributed by atoms with E-state index in [1.807, 2.05) is 24.3 Å². The van der Waals surface area contributed by atoms with Crippen LogP contribution in [-0.2, 0) is 9.59 Å². The van der Waals surface area contributed by atoms with Crippen molar-refractivity contribution < 1.29 is 19.1 Å². The number of benzene rings is 2. The number of anilines is 2. The van der Waals surface area contributed by atoms with Gasteiger partial charge in [0.15, 0.2) is 0 Å². The van der Waals surface area contributed by atoms with Crippen LogP contribution in [0.25, 0.3) is 0 Å². The summed E-state index contributed by atoms with van der Waals surface area (Å²) in [7, 11) is 3.07. The molecule has 0 aromatic heterocycles. The first kappa shape index (κ1) is 15.9. The maximum Gasteiger partial charge on any atom is 0.232 e. The molecular formula is C18H18N2O4. The summed E-state index contributed by atoms with van der Waals surface area (Å²) in [5.41, 5.74) is 2.11. The van der Waals surface area contributed by atoms with E-state index in [1.165, 1.54) is 7.11 Å². The second-order valence-electron chi connectivity index (χ2n) is 5.45. The summed E-state index contributed by atoms with van der Waals surface area (Å²) in [5, 5.41) is 5.58. The molecule has 2 amide bonds. The van der Waals surface area contributed by atoms with Gasteiger partial charge in [-0.25, -0.2) is 0 Å². The molecule has 0 saturated carbocycles. The first-order valence-corrected chi connectivity index (χ1v) is 7.54. The van der Waals surface area contributed by atoms with Gasteiger partial charge < -0.3 is 20.1 Å². The summed E-state index contributed by atoms with van der Waals surface area (Å²) < 4.78 is 10.4. The molecule has 0 fully saturated rings. The summed E-state index contributed by atoms with van der Waals surface area (Å²) in [6.45, 7) is 0. The van der Waals surface area contributed by atoms with Gasteiger partial charge in [-0.2, -0.15) is 0 Å². The van der Waals surface area contributed by atoms with Gasteiger partial charge in [0, 0.05) is 18.2 Å². The van der Waals surface area contributed by atoms with Crippen LogP contribution < -0.4 is 20.1 Å². The highest BCUT2D eigenvalue weighted by Crippen LogP contribution is 2.35. The lowest BCUT2D eigenvalue weighted by Gasteiger charge is -2.13. The third-order valence-corrected chi connectivity index (χ3v) is 3.98. The van der Waals surface area contributed by atoms with Crippen LogP contribution in [0, 0.1) is 0 Å². The van der Waals surface area contributed by atoms with Crippen LogP contribution in [-0.4, -0.2) is 26.0 Å². The van der Waals surface area contributed by atoms with Gasteiger partial charge >= 0.3 is 0 Å². The molecule has 2 N–H and O–H groups in total. The average molecular weight is 326 g/mol. The Kier molecular flexibility index (Phi) is 4.37. The molecule has 1 aliphatic heterocycles. The molecule has 0 aliphatic carbocycles. The van der Waals surface area contributed by atoms with Gasteiger partial charge in [-0.15, -0.1) is 0 Å². The molecule has 0 bridgehead atoms. The molecule has 1 aliphatic rings. The maximum absolute atomic E-state index is 12.4. The smallest absolute Gasteiger partial charge is 0.232 e. The van der Waals surface area contributed by atoms with E-state index in [-0.39, 0.29) is 18.2 Å². The number of para-hydroxylation sites is 1. The molecule has 124 valence electrons. The number of ether oxygens (including phenoxy) is 2. The molecule has 3 rings (SSSR count). The van der Waals surface area contributed by atoms with Gasteiger partial charge in [0.25, 0.3) is 0 Å².